The Morgan fingerprint density at radius 1 is 1.04 bits per heavy atom. The Bertz CT molecular complexity index is 807. The van der Waals surface area contributed by atoms with E-state index in [2.05, 4.69) is 22.0 Å². The van der Waals surface area contributed by atoms with Crippen molar-refractivity contribution in [1.29, 1.82) is 0 Å². The van der Waals surface area contributed by atoms with Crippen molar-refractivity contribution in [2.45, 2.75) is 6.54 Å². The van der Waals surface area contributed by atoms with Crippen LogP contribution in [-0.4, -0.2) is 51.9 Å². The van der Waals surface area contributed by atoms with Gasteiger partial charge >= 0.3 is 0 Å². The first-order valence-corrected chi connectivity index (χ1v) is 8.87. The lowest BCUT2D eigenvalue weighted by Crippen LogP contribution is -2.48. The summed E-state index contributed by atoms with van der Waals surface area (Å²) in [5.74, 6) is 0.0945. The van der Waals surface area contributed by atoms with Crippen LogP contribution in [0.3, 0.4) is 0 Å². The topological polar surface area (TPSA) is 49.3 Å². The highest BCUT2D eigenvalue weighted by molar-refractivity contribution is 7.18. The van der Waals surface area contributed by atoms with Crippen LogP contribution in [0.15, 0.2) is 48.8 Å². The maximum atomic E-state index is 12.5. The highest BCUT2D eigenvalue weighted by Crippen LogP contribution is 2.23. The second-order valence-corrected chi connectivity index (χ2v) is 6.99. The molecule has 4 rings (SSSR count). The number of hydrogen-bond acceptors (Lipinski definition) is 5. The standard InChI is InChI=1S/C18H18N4OS/c23-18(14-5-7-19-8-6-14)22-11-9-21(10-12-22)13-17-20-15-3-1-2-4-16(15)24-17/h1-8H,9-13H2. The fourth-order valence-corrected chi connectivity index (χ4v) is 3.97. The summed E-state index contributed by atoms with van der Waals surface area (Å²) in [6, 6.07) is 11.8. The predicted octanol–water partition coefficient (Wildman–Crippen LogP) is 2.65. The van der Waals surface area contributed by atoms with Gasteiger partial charge in [0.15, 0.2) is 0 Å². The van der Waals surface area contributed by atoms with Gasteiger partial charge in [0.05, 0.1) is 16.8 Å². The van der Waals surface area contributed by atoms with E-state index in [1.165, 1.54) is 4.70 Å². The third-order valence-corrected chi connectivity index (χ3v) is 5.30. The first-order chi connectivity index (χ1) is 11.8. The van der Waals surface area contributed by atoms with E-state index in [1.54, 1.807) is 35.9 Å². The molecule has 1 aliphatic heterocycles. The molecule has 24 heavy (non-hydrogen) atoms. The number of rotatable bonds is 3. The van der Waals surface area contributed by atoms with Crippen molar-refractivity contribution < 1.29 is 4.79 Å². The smallest absolute Gasteiger partial charge is 0.254 e. The van der Waals surface area contributed by atoms with Crippen molar-refractivity contribution in [3.8, 4) is 0 Å². The lowest BCUT2D eigenvalue weighted by molar-refractivity contribution is 0.0628. The molecule has 0 unspecified atom stereocenters. The number of para-hydroxylation sites is 1. The third kappa shape index (κ3) is 3.16. The zero-order valence-corrected chi connectivity index (χ0v) is 14.1. The Hall–Kier alpha value is -2.31. The minimum absolute atomic E-state index is 0.0945. The zero-order valence-electron chi connectivity index (χ0n) is 13.3. The second-order valence-electron chi connectivity index (χ2n) is 5.88. The first-order valence-electron chi connectivity index (χ1n) is 8.06. The van der Waals surface area contributed by atoms with Crippen molar-refractivity contribution in [2.24, 2.45) is 0 Å². The van der Waals surface area contributed by atoms with Crippen LogP contribution in [0.2, 0.25) is 0 Å². The summed E-state index contributed by atoms with van der Waals surface area (Å²) in [4.78, 5) is 25.4. The third-order valence-electron chi connectivity index (χ3n) is 4.28. The number of hydrogen-bond donors (Lipinski definition) is 0. The molecule has 0 spiro atoms. The maximum absolute atomic E-state index is 12.5. The van der Waals surface area contributed by atoms with Crippen LogP contribution in [0.25, 0.3) is 10.2 Å². The van der Waals surface area contributed by atoms with Gasteiger partial charge in [-0.15, -0.1) is 11.3 Å². The molecule has 122 valence electrons. The van der Waals surface area contributed by atoms with Gasteiger partial charge in [-0.2, -0.15) is 0 Å². The van der Waals surface area contributed by atoms with Gasteiger partial charge in [-0.1, -0.05) is 12.1 Å². The van der Waals surface area contributed by atoms with Crippen molar-refractivity contribution >= 4 is 27.5 Å². The number of thiazole rings is 1. The lowest BCUT2D eigenvalue weighted by Gasteiger charge is -2.34. The fraction of sp³-hybridized carbons (Fsp3) is 0.278. The Morgan fingerprint density at radius 3 is 2.54 bits per heavy atom. The number of carbonyl (C=O) groups excluding carboxylic acids is 1. The van der Waals surface area contributed by atoms with Crippen LogP contribution in [0.1, 0.15) is 15.4 Å². The van der Waals surface area contributed by atoms with E-state index in [0.717, 1.165) is 43.2 Å². The minimum atomic E-state index is 0.0945. The quantitative estimate of drug-likeness (QED) is 0.737. The van der Waals surface area contributed by atoms with Crippen molar-refractivity contribution in [1.82, 2.24) is 19.8 Å². The summed E-state index contributed by atoms with van der Waals surface area (Å²) in [6.07, 6.45) is 3.33. The first kappa shape index (κ1) is 15.2. The number of pyridine rings is 1. The van der Waals surface area contributed by atoms with E-state index >= 15 is 0 Å². The zero-order chi connectivity index (χ0) is 16.4. The average molecular weight is 338 g/mol. The number of aromatic nitrogens is 2. The Labute approximate surface area is 144 Å². The second kappa shape index (κ2) is 6.67. The summed E-state index contributed by atoms with van der Waals surface area (Å²) in [7, 11) is 0. The molecule has 0 atom stereocenters. The minimum Gasteiger partial charge on any atom is -0.336 e. The molecule has 1 aromatic carbocycles. The van der Waals surface area contributed by atoms with Gasteiger partial charge in [0.25, 0.3) is 5.91 Å². The molecule has 1 saturated heterocycles. The molecular weight excluding hydrogens is 320 g/mol. The number of fused-ring (bicyclic) bond motifs is 1. The molecule has 5 nitrogen and oxygen atoms in total. The van der Waals surface area contributed by atoms with E-state index in [1.807, 2.05) is 17.0 Å². The highest BCUT2D eigenvalue weighted by atomic mass is 32.1. The Balaban J connectivity index is 1.37. The van der Waals surface area contributed by atoms with Gasteiger partial charge in [0.2, 0.25) is 0 Å². The molecule has 0 aliphatic carbocycles. The average Bonchev–Trinajstić information content (AvgIpc) is 3.05. The molecule has 0 bridgehead atoms. The van der Waals surface area contributed by atoms with Crippen molar-refractivity contribution in [3.05, 3.63) is 59.4 Å². The Morgan fingerprint density at radius 2 is 1.79 bits per heavy atom. The van der Waals surface area contributed by atoms with Crippen molar-refractivity contribution in [2.75, 3.05) is 26.2 Å². The summed E-state index contributed by atoms with van der Waals surface area (Å²) in [5, 5.41) is 1.14. The van der Waals surface area contributed by atoms with Gasteiger partial charge in [0.1, 0.15) is 5.01 Å². The van der Waals surface area contributed by atoms with E-state index < -0.39 is 0 Å². The number of nitrogens with zero attached hydrogens (tertiary/aromatic N) is 4. The summed E-state index contributed by atoms with van der Waals surface area (Å²) in [6.45, 7) is 4.13. The molecule has 0 saturated carbocycles. The Kier molecular flexibility index (Phi) is 4.23. The number of amides is 1. The van der Waals surface area contributed by atoms with Gasteiger partial charge in [-0.3, -0.25) is 14.7 Å². The number of benzene rings is 1. The highest BCUT2D eigenvalue weighted by Gasteiger charge is 2.22. The molecule has 0 N–H and O–H groups in total. The molecule has 2 aromatic heterocycles. The van der Waals surface area contributed by atoms with Crippen LogP contribution < -0.4 is 0 Å². The summed E-state index contributed by atoms with van der Waals surface area (Å²) in [5.41, 5.74) is 1.79. The number of piperazine rings is 1. The van der Waals surface area contributed by atoms with Crippen LogP contribution in [0, 0.1) is 0 Å². The van der Waals surface area contributed by atoms with Gasteiger partial charge < -0.3 is 4.90 Å². The van der Waals surface area contributed by atoms with E-state index in [-0.39, 0.29) is 5.91 Å². The molecule has 1 fully saturated rings. The van der Waals surface area contributed by atoms with E-state index in [0.29, 0.717) is 5.56 Å². The van der Waals surface area contributed by atoms with E-state index in [9.17, 15) is 4.79 Å². The molecular formula is C18H18N4OS. The largest absolute Gasteiger partial charge is 0.336 e. The lowest BCUT2D eigenvalue weighted by atomic mass is 10.2. The normalized spacial score (nSPS) is 15.8. The molecule has 3 heterocycles. The van der Waals surface area contributed by atoms with Crippen LogP contribution in [0.4, 0.5) is 0 Å². The van der Waals surface area contributed by atoms with Gasteiger partial charge in [-0.05, 0) is 24.3 Å². The van der Waals surface area contributed by atoms with Crippen LogP contribution in [-0.2, 0) is 6.54 Å². The molecule has 1 amide bonds. The fourth-order valence-electron chi connectivity index (χ4n) is 2.96. The molecule has 1 aliphatic rings. The number of carbonyl (C=O) groups is 1. The molecule has 3 aromatic rings. The van der Waals surface area contributed by atoms with Crippen molar-refractivity contribution in [3.63, 3.8) is 0 Å². The van der Waals surface area contributed by atoms with Crippen LogP contribution in [0.5, 0.6) is 0 Å². The monoisotopic (exact) mass is 338 g/mol. The molecule has 0 radical (unpaired) electrons. The molecule has 6 heteroatoms. The summed E-state index contributed by atoms with van der Waals surface area (Å²) >= 11 is 1.75. The van der Waals surface area contributed by atoms with Crippen LogP contribution >= 0.6 is 11.3 Å². The SMILES string of the molecule is O=C(c1ccncc1)N1CCN(Cc2nc3ccccc3s2)CC1. The maximum Gasteiger partial charge on any atom is 0.254 e. The predicted molar refractivity (Wildman–Crippen MR) is 95.0 cm³/mol. The summed E-state index contributed by atoms with van der Waals surface area (Å²) < 4.78 is 1.24. The van der Waals surface area contributed by atoms with Gasteiger partial charge in [-0.25, -0.2) is 4.98 Å². The van der Waals surface area contributed by atoms with E-state index in [4.69, 9.17) is 4.98 Å². The van der Waals surface area contributed by atoms with Gasteiger partial charge in [0, 0.05) is 44.1 Å².